The number of anilines is 1. The number of nitrogens with zero attached hydrogens (tertiary/aromatic N) is 2. The molecule has 3 rings (SSSR count). The monoisotopic (exact) mass is 405 g/mol. The largest absolute Gasteiger partial charge is 0.481 e. The Bertz CT molecular complexity index is 919. The van der Waals surface area contributed by atoms with E-state index in [-0.39, 0.29) is 23.0 Å². The first-order valence-corrected chi connectivity index (χ1v) is 10.3. The topological polar surface area (TPSA) is 97.8 Å². The van der Waals surface area contributed by atoms with Crippen molar-refractivity contribution in [2.45, 2.75) is 31.0 Å². The summed E-state index contributed by atoms with van der Waals surface area (Å²) in [7, 11) is -2.13. The molecule has 2 heterocycles. The highest BCUT2D eigenvalue weighted by molar-refractivity contribution is 7.89. The van der Waals surface area contributed by atoms with Crippen molar-refractivity contribution < 1.29 is 22.7 Å². The van der Waals surface area contributed by atoms with Crippen molar-refractivity contribution in [3.63, 3.8) is 0 Å². The number of pyridine rings is 1. The number of carbonyl (C=O) groups is 1. The molecular formula is C19H23N3O5S. The van der Waals surface area contributed by atoms with Crippen LogP contribution in [0.1, 0.15) is 24.2 Å². The van der Waals surface area contributed by atoms with Crippen LogP contribution in [0.3, 0.4) is 0 Å². The van der Waals surface area contributed by atoms with Crippen LogP contribution in [0, 0.1) is 0 Å². The molecule has 1 saturated heterocycles. The van der Waals surface area contributed by atoms with Crippen LogP contribution in [0.4, 0.5) is 5.69 Å². The molecule has 0 spiro atoms. The van der Waals surface area contributed by atoms with Gasteiger partial charge >= 0.3 is 0 Å². The van der Waals surface area contributed by atoms with Gasteiger partial charge in [0.1, 0.15) is 0 Å². The van der Waals surface area contributed by atoms with Crippen LogP contribution in [0.2, 0.25) is 0 Å². The summed E-state index contributed by atoms with van der Waals surface area (Å²) in [6.45, 7) is 4.30. The number of rotatable bonds is 5. The van der Waals surface area contributed by atoms with Crippen molar-refractivity contribution in [2.75, 3.05) is 25.5 Å². The first kappa shape index (κ1) is 20.2. The maximum absolute atomic E-state index is 12.9. The van der Waals surface area contributed by atoms with Crippen LogP contribution in [0.5, 0.6) is 5.88 Å². The van der Waals surface area contributed by atoms with Gasteiger partial charge in [-0.3, -0.25) is 4.79 Å². The number of amides is 1. The Morgan fingerprint density at radius 3 is 2.32 bits per heavy atom. The Kier molecular flexibility index (Phi) is 5.97. The van der Waals surface area contributed by atoms with Gasteiger partial charge in [-0.1, -0.05) is 0 Å². The Labute approximate surface area is 164 Å². The molecule has 1 aromatic heterocycles. The molecule has 1 aliphatic rings. The molecule has 2 aromatic rings. The predicted octanol–water partition coefficient (Wildman–Crippen LogP) is 2.14. The van der Waals surface area contributed by atoms with Crippen molar-refractivity contribution in [3.8, 4) is 5.88 Å². The maximum atomic E-state index is 12.9. The molecule has 0 unspecified atom stereocenters. The van der Waals surface area contributed by atoms with E-state index in [0.29, 0.717) is 30.2 Å². The van der Waals surface area contributed by atoms with Gasteiger partial charge in [-0.15, -0.1) is 0 Å². The molecule has 9 heteroatoms. The van der Waals surface area contributed by atoms with Crippen molar-refractivity contribution in [3.05, 3.63) is 48.2 Å². The summed E-state index contributed by atoms with van der Waals surface area (Å²) in [4.78, 5) is 16.5. The molecule has 0 radical (unpaired) electrons. The zero-order chi connectivity index (χ0) is 20.3. The second-order valence-corrected chi connectivity index (χ2v) is 8.59. The lowest BCUT2D eigenvalue weighted by atomic mass is 10.2. The summed E-state index contributed by atoms with van der Waals surface area (Å²) in [6.07, 6.45) is 1.15. The van der Waals surface area contributed by atoms with Gasteiger partial charge in [0.25, 0.3) is 5.91 Å². The average molecular weight is 405 g/mol. The van der Waals surface area contributed by atoms with E-state index in [9.17, 15) is 13.2 Å². The molecule has 2 atom stereocenters. The van der Waals surface area contributed by atoms with Crippen molar-refractivity contribution in [2.24, 2.45) is 0 Å². The van der Waals surface area contributed by atoms with Crippen LogP contribution in [0.15, 0.2) is 47.5 Å². The van der Waals surface area contributed by atoms with E-state index in [2.05, 4.69) is 10.3 Å². The van der Waals surface area contributed by atoms with Crippen LogP contribution >= 0.6 is 0 Å². The van der Waals surface area contributed by atoms with E-state index in [1.165, 1.54) is 41.9 Å². The highest BCUT2D eigenvalue weighted by atomic mass is 32.2. The van der Waals surface area contributed by atoms with Gasteiger partial charge in [-0.2, -0.15) is 4.31 Å². The van der Waals surface area contributed by atoms with Gasteiger partial charge in [0.05, 0.1) is 36.1 Å². The Morgan fingerprint density at radius 2 is 1.79 bits per heavy atom. The summed E-state index contributed by atoms with van der Waals surface area (Å²) in [5, 5.41) is 2.71. The minimum absolute atomic E-state index is 0.150. The molecule has 0 aliphatic carbocycles. The summed E-state index contributed by atoms with van der Waals surface area (Å²) in [5.41, 5.74) is 0.859. The van der Waals surface area contributed by atoms with Gasteiger partial charge < -0.3 is 14.8 Å². The average Bonchev–Trinajstić information content (AvgIpc) is 2.68. The smallest absolute Gasteiger partial charge is 0.255 e. The summed E-state index contributed by atoms with van der Waals surface area (Å²) < 4.78 is 37.7. The van der Waals surface area contributed by atoms with Gasteiger partial charge in [-0.25, -0.2) is 13.4 Å². The predicted molar refractivity (Wildman–Crippen MR) is 104 cm³/mol. The lowest BCUT2D eigenvalue weighted by molar-refractivity contribution is -0.0440. The zero-order valence-corrected chi connectivity index (χ0v) is 16.8. The molecule has 1 fully saturated rings. The van der Waals surface area contributed by atoms with Crippen LogP contribution in [-0.4, -0.2) is 56.0 Å². The Balaban J connectivity index is 1.72. The number of carbonyl (C=O) groups excluding carboxylic acids is 1. The normalized spacial score (nSPS) is 20.5. The highest BCUT2D eigenvalue weighted by Gasteiger charge is 2.32. The molecule has 8 nitrogen and oxygen atoms in total. The van der Waals surface area contributed by atoms with Crippen LogP contribution in [-0.2, 0) is 14.8 Å². The van der Waals surface area contributed by atoms with Gasteiger partial charge in [0.15, 0.2) is 0 Å². The van der Waals surface area contributed by atoms with E-state index in [4.69, 9.17) is 9.47 Å². The standard InChI is InChI=1S/C19H23N3O5S/c1-13-11-22(12-14(2)27-13)28(24,25)17-7-4-15(5-8-17)19(23)21-16-6-9-18(26-3)20-10-16/h4-10,13-14H,11-12H2,1-3H3,(H,21,23)/t13-,14-/m1/s1. The van der Waals surface area contributed by atoms with E-state index in [1.807, 2.05) is 13.8 Å². The SMILES string of the molecule is COc1ccc(NC(=O)c2ccc(S(=O)(=O)N3C[C@@H](C)O[C@H](C)C3)cc2)cn1. The molecule has 1 N–H and O–H groups in total. The third-order valence-electron chi connectivity index (χ3n) is 4.34. The summed E-state index contributed by atoms with van der Waals surface area (Å²) in [5.74, 6) is 0.0869. The number of aromatic nitrogens is 1. The second kappa shape index (κ2) is 8.26. The van der Waals surface area contributed by atoms with Crippen molar-refractivity contribution in [1.29, 1.82) is 0 Å². The number of hydrogen-bond donors (Lipinski definition) is 1. The number of morpholine rings is 1. The van der Waals surface area contributed by atoms with Crippen molar-refractivity contribution in [1.82, 2.24) is 9.29 Å². The molecule has 0 saturated carbocycles. The summed E-state index contributed by atoms with van der Waals surface area (Å²) in [6, 6.07) is 9.18. The highest BCUT2D eigenvalue weighted by Crippen LogP contribution is 2.22. The number of methoxy groups -OCH3 is 1. The molecule has 28 heavy (non-hydrogen) atoms. The van der Waals surface area contributed by atoms with Gasteiger partial charge in [-0.05, 0) is 44.2 Å². The maximum Gasteiger partial charge on any atom is 0.255 e. The number of benzene rings is 1. The molecule has 150 valence electrons. The first-order chi connectivity index (χ1) is 13.3. The van der Waals surface area contributed by atoms with Crippen molar-refractivity contribution >= 4 is 21.6 Å². The minimum Gasteiger partial charge on any atom is -0.481 e. The van der Waals surface area contributed by atoms with E-state index in [1.54, 1.807) is 12.1 Å². The summed E-state index contributed by atoms with van der Waals surface area (Å²) >= 11 is 0. The Morgan fingerprint density at radius 1 is 1.14 bits per heavy atom. The van der Waals surface area contributed by atoms with E-state index in [0.717, 1.165) is 0 Å². The Hall–Kier alpha value is -2.49. The van der Waals surface area contributed by atoms with Gasteiger partial charge in [0, 0.05) is 24.7 Å². The number of hydrogen-bond acceptors (Lipinski definition) is 6. The van der Waals surface area contributed by atoms with Crippen LogP contribution < -0.4 is 10.1 Å². The first-order valence-electron chi connectivity index (χ1n) is 8.86. The van der Waals surface area contributed by atoms with E-state index < -0.39 is 10.0 Å². The fourth-order valence-electron chi connectivity index (χ4n) is 3.03. The molecular weight excluding hydrogens is 382 g/mol. The lowest BCUT2D eigenvalue weighted by Gasteiger charge is -2.34. The number of ether oxygens (including phenoxy) is 2. The number of sulfonamides is 1. The molecule has 1 aromatic carbocycles. The van der Waals surface area contributed by atoms with E-state index >= 15 is 0 Å². The third-order valence-corrected chi connectivity index (χ3v) is 6.19. The lowest BCUT2D eigenvalue weighted by Crippen LogP contribution is -2.48. The van der Waals surface area contributed by atoms with Gasteiger partial charge in [0.2, 0.25) is 15.9 Å². The molecule has 0 bridgehead atoms. The molecule has 1 aliphatic heterocycles. The second-order valence-electron chi connectivity index (χ2n) is 6.65. The third kappa shape index (κ3) is 4.49. The minimum atomic E-state index is -3.64. The van der Waals surface area contributed by atoms with Crippen LogP contribution in [0.25, 0.3) is 0 Å². The quantitative estimate of drug-likeness (QED) is 0.818. The fourth-order valence-corrected chi connectivity index (χ4v) is 4.62. The fraction of sp³-hybridized carbons (Fsp3) is 0.368. The molecule has 1 amide bonds. The number of nitrogens with one attached hydrogen (secondary N) is 1. The zero-order valence-electron chi connectivity index (χ0n) is 16.0.